The van der Waals surface area contributed by atoms with Crippen LogP contribution in [0.2, 0.25) is 0 Å². The van der Waals surface area contributed by atoms with E-state index >= 15 is 0 Å². The van der Waals surface area contributed by atoms with Crippen molar-refractivity contribution in [3.63, 3.8) is 0 Å². The molecule has 2 aliphatic rings. The van der Waals surface area contributed by atoms with Crippen LogP contribution >= 0.6 is 15.9 Å². The van der Waals surface area contributed by atoms with Gasteiger partial charge in [-0.1, -0.05) is 52.3 Å². The quantitative estimate of drug-likeness (QED) is 0.676. The molecule has 0 N–H and O–H groups in total. The third kappa shape index (κ3) is 2.44. The Labute approximate surface area is 111 Å². The molecule has 0 saturated carbocycles. The molecule has 1 heteroatoms. The molecule has 0 aromatic heterocycles. The van der Waals surface area contributed by atoms with Crippen molar-refractivity contribution in [2.24, 2.45) is 0 Å². The first kappa shape index (κ1) is 11.0. The molecule has 0 spiro atoms. The first-order chi connectivity index (χ1) is 8.31. The van der Waals surface area contributed by atoms with Crippen LogP contribution in [-0.2, 0) is 25.7 Å². The Hall–Kier alpha value is -1.08. The van der Waals surface area contributed by atoms with Crippen LogP contribution in [-0.4, -0.2) is 0 Å². The molecule has 0 unspecified atom stereocenters. The molecule has 0 aliphatic heterocycles. The van der Waals surface area contributed by atoms with Gasteiger partial charge >= 0.3 is 0 Å². The minimum absolute atomic E-state index is 1.12. The maximum atomic E-state index is 3.65. The SMILES string of the molecule is Brc1ccc2cc1CCc1ccc(cc1)CC2. The highest BCUT2D eigenvalue weighted by molar-refractivity contribution is 9.10. The molecule has 4 rings (SSSR count). The van der Waals surface area contributed by atoms with Crippen LogP contribution in [0, 0.1) is 0 Å². The molecule has 2 aromatic rings. The van der Waals surface area contributed by atoms with Gasteiger partial charge in [-0.05, 0) is 54.0 Å². The van der Waals surface area contributed by atoms with Crippen molar-refractivity contribution in [1.29, 1.82) is 0 Å². The Morgan fingerprint density at radius 2 is 1.18 bits per heavy atom. The highest BCUT2D eigenvalue weighted by Gasteiger charge is 2.06. The average molecular weight is 287 g/mol. The zero-order chi connectivity index (χ0) is 11.7. The predicted octanol–water partition coefficient (Wildman–Crippen LogP) is 4.33. The van der Waals surface area contributed by atoms with Gasteiger partial charge in [-0.15, -0.1) is 0 Å². The lowest BCUT2D eigenvalue weighted by molar-refractivity contribution is 0.944. The molecular weight excluding hydrogens is 272 g/mol. The van der Waals surface area contributed by atoms with Crippen molar-refractivity contribution in [2.75, 3.05) is 0 Å². The molecule has 0 heterocycles. The summed E-state index contributed by atoms with van der Waals surface area (Å²) < 4.78 is 1.25. The molecule has 0 atom stereocenters. The van der Waals surface area contributed by atoms with Crippen LogP contribution in [0.5, 0.6) is 0 Å². The van der Waals surface area contributed by atoms with Gasteiger partial charge in [0.1, 0.15) is 0 Å². The maximum Gasteiger partial charge on any atom is 0.0207 e. The molecule has 0 saturated heterocycles. The first-order valence-electron chi connectivity index (χ1n) is 6.16. The van der Waals surface area contributed by atoms with E-state index in [9.17, 15) is 0 Å². The summed E-state index contributed by atoms with van der Waals surface area (Å²) in [5, 5.41) is 0. The number of fused-ring (bicyclic) bond motifs is 4. The summed E-state index contributed by atoms with van der Waals surface area (Å²) in [5.74, 6) is 0. The van der Waals surface area contributed by atoms with Crippen LogP contribution in [0.25, 0.3) is 0 Å². The van der Waals surface area contributed by atoms with Gasteiger partial charge in [0.2, 0.25) is 0 Å². The molecule has 17 heavy (non-hydrogen) atoms. The lowest BCUT2D eigenvalue weighted by atomic mass is 10.0. The second-order valence-corrected chi connectivity index (χ2v) is 5.60. The first-order valence-corrected chi connectivity index (χ1v) is 6.96. The second kappa shape index (κ2) is 4.66. The monoisotopic (exact) mass is 286 g/mol. The molecular formula is C16H15Br. The summed E-state index contributed by atoms with van der Waals surface area (Å²) >= 11 is 3.65. The highest BCUT2D eigenvalue weighted by Crippen LogP contribution is 2.22. The van der Waals surface area contributed by atoms with Crippen molar-refractivity contribution in [3.05, 3.63) is 69.2 Å². The summed E-state index contributed by atoms with van der Waals surface area (Å²) in [7, 11) is 0. The van der Waals surface area contributed by atoms with Crippen LogP contribution in [0.1, 0.15) is 22.3 Å². The average Bonchev–Trinajstić information content (AvgIpc) is 2.42. The van der Waals surface area contributed by atoms with E-state index < -0.39 is 0 Å². The molecule has 0 nitrogen and oxygen atoms in total. The van der Waals surface area contributed by atoms with Crippen molar-refractivity contribution in [2.45, 2.75) is 25.7 Å². The van der Waals surface area contributed by atoms with Gasteiger partial charge in [0.05, 0.1) is 0 Å². The maximum absolute atomic E-state index is 3.65. The molecule has 2 aliphatic carbocycles. The van der Waals surface area contributed by atoms with Crippen LogP contribution in [0.3, 0.4) is 0 Å². The van der Waals surface area contributed by atoms with Gasteiger partial charge in [-0.25, -0.2) is 0 Å². The number of rotatable bonds is 0. The fourth-order valence-electron chi connectivity index (χ4n) is 2.42. The van der Waals surface area contributed by atoms with E-state index in [0.29, 0.717) is 0 Å². The minimum Gasteiger partial charge on any atom is -0.0588 e. The zero-order valence-electron chi connectivity index (χ0n) is 9.75. The van der Waals surface area contributed by atoms with Gasteiger partial charge in [-0.3, -0.25) is 0 Å². The van der Waals surface area contributed by atoms with Crippen molar-refractivity contribution < 1.29 is 0 Å². The highest BCUT2D eigenvalue weighted by atomic mass is 79.9. The number of aryl methyl sites for hydroxylation is 4. The summed E-state index contributed by atoms with van der Waals surface area (Å²) in [6.45, 7) is 0. The Bertz CT molecular complexity index is 526. The largest absolute Gasteiger partial charge is 0.0588 e. The molecule has 2 aromatic carbocycles. The standard InChI is InChI=1S/C16H15Br/c17-16-10-8-14-6-5-12-1-3-13(4-2-12)7-9-15(16)11-14/h1-4,8,10-11H,5-7,9H2. The Balaban J connectivity index is 2.01. The molecule has 0 fully saturated rings. The summed E-state index contributed by atoms with van der Waals surface area (Å²) in [6.07, 6.45) is 4.52. The van der Waals surface area contributed by atoms with E-state index in [2.05, 4.69) is 58.4 Å². The fourth-order valence-corrected chi connectivity index (χ4v) is 2.86. The van der Waals surface area contributed by atoms with Crippen molar-refractivity contribution in [3.8, 4) is 0 Å². The van der Waals surface area contributed by atoms with E-state index in [4.69, 9.17) is 0 Å². The fraction of sp³-hybridized carbons (Fsp3) is 0.250. The van der Waals surface area contributed by atoms with Crippen LogP contribution < -0.4 is 0 Å². The third-order valence-electron chi connectivity index (χ3n) is 3.52. The van der Waals surface area contributed by atoms with E-state index in [1.165, 1.54) is 26.7 Å². The van der Waals surface area contributed by atoms with Crippen LogP contribution in [0.15, 0.2) is 46.9 Å². The lowest BCUT2D eigenvalue weighted by Gasteiger charge is -2.06. The molecule has 0 radical (unpaired) electrons. The molecule has 86 valence electrons. The minimum atomic E-state index is 1.12. The van der Waals surface area contributed by atoms with Crippen LogP contribution in [0.4, 0.5) is 0 Å². The van der Waals surface area contributed by atoms with Gasteiger partial charge < -0.3 is 0 Å². The van der Waals surface area contributed by atoms with Crippen molar-refractivity contribution >= 4 is 15.9 Å². The van der Waals surface area contributed by atoms with E-state index in [1.54, 1.807) is 0 Å². The number of hydrogen-bond acceptors (Lipinski definition) is 0. The summed E-state index contributed by atoms with van der Waals surface area (Å²) in [4.78, 5) is 0. The van der Waals surface area contributed by atoms with Gasteiger partial charge in [0, 0.05) is 4.47 Å². The molecule has 0 amide bonds. The smallest absolute Gasteiger partial charge is 0.0207 e. The summed E-state index contributed by atoms with van der Waals surface area (Å²) in [6, 6.07) is 15.9. The second-order valence-electron chi connectivity index (χ2n) is 4.74. The van der Waals surface area contributed by atoms with E-state index in [-0.39, 0.29) is 0 Å². The number of hydrogen-bond donors (Lipinski definition) is 0. The van der Waals surface area contributed by atoms with Gasteiger partial charge in [0.15, 0.2) is 0 Å². The van der Waals surface area contributed by atoms with Gasteiger partial charge in [0.25, 0.3) is 0 Å². The normalized spacial score (nSPS) is 14.4. The van der Waals surface area contributed by atoms with Gasteiger partial charge in [-0.2, -0.15) is 0 Å². The zero-order valence-corrected chi connectivity index (χ0v) is 11.3. The number of benzene rings is 2. The van der Waals surface area contributed by atoms with E-state index in [0.717, 1.165) is 25.7 Å². The summed E-state index contributed by atoms with van der Waals surface area (Å²) in [5.41, 5.74) is 5.77. The Morgan fingerprint density at radius 3 is 1.88 bits per heavy atom. The Kier molecular flexibility index (Phi) is 3.02. The van der Waals surface area contributed by atoms with Crippen molar-refractivity contribution in [1.82, 2.24) is 0 Å². The topological polar surface area (TPSA) is 0 Å². The predicted molar refractivity (Wildman–Crippen MR) is 75.4 cm³/mol. The third-order valence-corrected chi connectivity index (χ3v) is 4.29. The number of halogens is 1. The van der Waals surface area contributed by atoms with E-state index in [1.807, 2.05) is 0 Å². The Morgan fingerprint density at radius 1 is 0.647 bits per heavy atom. The lowest BCUT2D eigenvalue weighted by Crippen LogP contribution is -1.94. The molecule has 4 bridgehead atoms.